The van der Waals surface area contributed by atoms with Gasteiger partial charge >= 0.3 is 0 Å². The summed E-state index contributed by atoms with van der Waals surface area (Å²) < 4.78 is 5.01. The van der Waals surface area contributed by atoms with E-state index in [2.05, 4.69) is 17.2 Å². The first-order valence-electron chi connectivity index (χ1n) is 7.05. The molecule has 0 aliphatic heterocycles. The standard InChI is InChI=1S/C15H25N3O2/c1-5-7-13-10-12(11-14(16-2)17-13)15(19)18(3)8-6-9-20-4/h10-11H,5-9H2,1-4H3,(H,16,17). The van der Waals surface area contributed by atoms with Gasteiger partial charge in [0.25, 0.3) is 5.91 Å². The van der Waals surface area contributed by atoms with Gasteiger partial charge in [-0.25, -0.2) is 4.98 Å². The molecule has 0 spiro atoms. The van der Waals surface area contributed by atoms with Crippen molar-refractivity contribution in [3.8, 4) is 0 Å². The second kappa shape index (κ2) is 8.53. The molecule has 5 nitrogen and oxygen atoms in total. The van der Waals surface area contributed by atoms with Gasteiger partial charge in [0.2, 0.25) is 0 Å². The highest BCUT2D eigenvalue weighted by Gasteiger charge is 2.13. The molecule has 0 bridgehead atoms. The van der Waals surface area contributed by atoms with E-state index in [1.807, 2.05) is 20.2 Å². The van der Waals surface area contributed by atoms with Crippen molar-refractivity contribution in [2.24, 2.45) is 0 Å². The van der Waals surface area contributed by atoms with E-state index in [1.54, 1.807) is 18.1 Å². The van der Waals surface area contributed by atoms with Gasteiger partial charge in [0.1, 0.15) is 5.82 Å². The van der Waals surface area contributed by atoms with Gasteiger partial charge in [0.15, 0.2) is 0 Å². The van der Waals surface area contributed by atoms with Gasteiger partial charge in [0.05, 0.1) is 0 Å². The lowest BCUT2D eigenvalue weighted by Gasteiger charge is -2.18. The fourth-order valence-electron chi connectivity index (χ4n) is 1.99. The van der Waals surface area contributed by atoms with Crippen LogP contribution in [0.4, 0.5) is 5.82 Å². The predicted molar refractivity (Wildman–Crippen MR) is 81.2 cm³/mol. The number of aromatic nitrogens is 1. The Morgan fingerprint density at radius 1 is 1.45 bits per heavy atom. The van der Waals surface area contributed by atoms with Crippen LogP contribution in [0.15, 0.2) is 12.1 Å². The van der Waals surface area contributed by atoms with E-state index in [0.29, 0.717) is 18.7 Å². The normalized spacial score (nSPS) is 10.4. The number of pyridine rings is 1. The number of aryl methyl sites for hydroxylation is 1. The maximum atomic E-state index is 12.4. The SMILES string of the molecule is CCCc1cc(C(=O)N(C)CCCOC)cc(NC)n1. The van der Waals surface area contributed by atoms with Crippen LogP contribution in [0.25, 0.3) is 0 Å². The number of anilines is 1. The second-order valence-corrected chi connectivity index (χ2v) is 4.81. The highest BCUT2D eigenvalue weighted by Crippen LogP contribution is 2.13. The third-order valence-corrected chi connectivity index (χ3v) is 3.08. The summed E-state index contributed by atoms with van der Waals surface area (Å²) >= 11 is 0. The summed E-state index contributed by atoms with van der Waals surface area (Å²) in [7, 11) is 5.30. The summed E-state index contributed by atoms with van der Waals surface area (Å²) in [6.45, 7) is 3.45. The number of carbonyl (C=O) groups is 1. The predicted octanol–water partition coefficient (Wildman–Crippen LogP) is 2.18. The van der Waals surface area contributed by atoms with E-state index >= 15 is 0 Å². The first-order chi connectivity index (χ1) is 9.62. The number of amides is 1. The van der Waals surface area contributed by atoms with Crippen LogP contribution in [0, 0.1) is 0 Å². The topological polar surface area (TPSA) is 54.5 Å². The Morgan fingerprint density at radius 2 is 2.20 bits per heavy atom. The largest absolute Gasteiger partial charge is 0.385 e. The average Bonchev–Trinajstić information content (AvgIpc) is 2.46. The third-order valence-electron chi connectivity index (χ3n) is 3.08. The molecular weight excluding hydrogens is 254 g/mol. The molecule has 0 aliphatic rings. The molecule has 1 rings (SSSR count). The van der Waals surface area contributed by atoms with Gasteiger partial charge in [-0.1, -0.05) is 13.3 Å². The molecule has 1 aromatic heterocycles. The zero-order valence-corrected chi connectivity index (χ0v) is 12.9. The van der Waals surface area contributed by atoms with E-state index in [1.165, 1.54) is 0 Å². The van der Waals surface area contributed by atoms with Crippen molar-refractivity contribution >= 4 is 11.7 Å². The lowest BCUT2D eigenvalue weighted by atomic mass is 10.1. The molecule has 112 valence electrons. The molecule has 0 aliphatic carbocycles. The van der Waals surface area contributed by atoms with Gasteiger partial charge in [-0.15, -0.1) is 0 Å². The number of carbonyl (C=O) groups excluding carboxylic acids is 1. The molecule has 0 fully saturated rings. The van der Waals surface area contributed by atoms with E-state index in [4.69, 9.17) is 4.74 Å². The van der Waals surface area contributed by atoms with Crippen LogP contribution in [-0.4, -0.2) is 50.1 Å². The third kappa shape index (κ3) is 4.81. The maximum absolute atomic E-state index is 12.4. The van der Waals surface area contributed by atoms with E-state index in [9.17, 15) is 4.79 Å². The average molecular weight is 279 g/mol. The Hall–Kier alpha value is -1.62. The van der Waals surface area contributed by atoms with E-state index < -0.39 is 0 Å². The highest BCUT2D eigenvalue weighted by atomic mass is 16.5. The number of rotatable bonds is 8. The molecule has 5 heteroatoms. The molecule has 1 amide bonds. The Kier molecular flexibility index (Phi) is 7.01. The van der Waals surface area contributed by atoms with Crippen LogP contribution >= 0.6 is 0 Å². The van der Waals surface area contributed by atoms with Gasteiger partial charge in [-0.3, -0.25) is 4.79 Å². The Balaban J connectivity index is 2.82. The molecule has 1 heterocycles. The Morgan fingerprint density at radius 3 is 2.80 bits per heavy atom. The van der Waals surface area contributed by atoms with Gasteiger partial charge in [0, 0.05) is 45.6 Å². The fourth-order valence-corrected chi connectivity index (χ4v) is 1.99. The monoisotopic (exact) mass is 279 g/mol. The minimum absolute atomic E-state index is 0.0253. The van der Waals surface area contributed by atoms with Crippen molar-refractivity contribution in [2.75, 3.05) is 39.7 Å². The van der Waals surface area contributed by atoms with Crippen molar-refractivity contribution in [1.82, 2.24) is 9.88 Å². The molecule has 0 atom stereocenters. The smallest absolute Gasteiger partial charge is 0.253 e. The van der Waals surface area contributed by atoms with Crippen LogP contribution in [0.5, 0.6) is 0 Å². The lowest BCUT2D eigenvalue weighted by molar-refractivity contribution is 0.0779. The van der Waals surface area contributed by atoms with Crippen molar-refractivity contribution in [2.45, 2.75) is 26.2 Å². The molecule has 0 saturated carbocycles. The first-order valence-corrected chi connectivity index (χ1v) is 7.05. The summed E-state index contributed by atoms with van der Waals surface area (Å²) in [4.78, 5) is 18.6. The van der Waals surface area contributed by atoms with Crippen molar-refractivity contribution < 1.29 is 9.53 Å². The first kappa shape index (κ1) is 16.4. The fraction of sp³-hybridized carbons (Fsp3) is 0.600. The van der Waals surface area contributed by atoms with Gasteiger partial charge in [-0.05, 0) is 25.0 Å². The minimum atomic E-state index is 0.0253. The minimum Gasteiger partial charge on any atom is -0.385 e. The zero-order valence-electron chi connectivity index (χ0n) is 12.9. The Labute approximate surface area is 121 Å². The van der Waals surface area contributed by atoms with Crippen LogP contribution < -0.4 is 5.32 Å². The van der Waals surface area contributed by atoms with Crippen molar-refractivity contribution in [3.63, 3.8) is 0 Å². The van der Waals surface area contributed by atoms with Crippen LogP contribution in [0.2, 0.25) is 0 Å². The maximum Gasteiger partial charge on any atom is 0.253 e. The molecule has 1 N–H and O–H groups in total. The van der Waals surface area contributed by atoms with Crippen molar-refractivity contribution in [3.05, 3.63) is 23.4 Å². The molecule has 0 unspecified atom stereocenters. The molecule has 0 saturated heterocycles. The Bertz CT molecular complexity index is 435. The summed E-state index contributed by atoms with van der Waals surface area (Å²) in [6, 6.07) is 3.69. The number of nitrogens with one attached hydrogen (secondary N) is 1. The molecule has 0 aromatic carbocycles. The lowest BCUT2D eigenvalue weighted by Crippen LogP contribution is -2.28. The number of methoxy groups -OCH3 is 1. The highest BCUT2D eigenvalue weighted by molar-refractivity contribution is 5.94. The van der Waals surface area contributed by atoms with Crippen LogP contribution in [-0.2, 0) is 11.2 Å². The molecule has 0 radical (unpaired) electrons. The molecule has 20 heavy (non-hydrogen) atoms. The summed E-state index contributed by atoms with van der Waals surface area (Å²) in [6.07, 6.45) is 2.73. The van der Waals surface area contributed by atoms with Crippen LogP contribution in [0.3, 0.4) is 0 Å². The van der Waals surface area contributed by atoms with Crippen molar-refractivity contribution in [1.29, 1.82) is 0 Å². The quantitative estimate of drug-likeness (QED) is 0.741. The number of hydrogen-bond acceptors (Lipinski definition) is 4. The number of hydrogen-bond donors (Lipinski definition) is 1. The van der Waals surface area contributed by atoms with E-state index in [0.717, 1.165) is 30.8 Å². The van der Waals surface area contributed by atoms with Gasteiger partial charge in [-0.2, -0.15) is 0 Å². The van der Waals surface area contributed by atoms with Gasteiger partial charge < -0.3 is 15.0 Å². The summed E-state index contributed by atoms with van der Waals surface area (Å²) in [5.41, 5.74) is 1.64. The molecule has 1 aromatic rings. The summed E-state index contributed by atoms with van der Waals surface area (Å²) in [5, 5.41) is 3.01. The summed E-state index contributed by atoms with van der Waals surface area (Å²) in [5.74, 6) is 0.766. The zero-order chi connectivity index (χ0) is 15.0. The molecular formula is C15H25N3O2. The second-order valence-electron chi connectivity index (χ2n) is 4.81. The van der Waals surface area contributed by atoms with E-state index in [-0.39, 0.29) is 5.91 Å². The number of ether oxygens (including phenoxy) is 1. The van der Waals surface area contributed by atoms with Crippen LogP contribution in [0.1, 0.15) is 35.8 Å². The number of nitrogens with zero attached hydrogens (tertiary/aromatic N) is 2.